The number of ether oxygens (including phenoxy) is 2. The second kappa shape index (κ2) is 23.0. The zero-order chi connectivity index (χ0) is 48.8. The first-order chi connectivity index (χ1) is 30.9. The average Bonchev–Trinajstić information content (AvgIpc) is 3.82. The highest BCUT2D eigenvalue weighted by Crippen LogP contribution is 2.62. The summed E-state index contributed by atoms with van der Waals surface area (Å²) in [5.41, 5.74) is -3.89. The molecule has 0 heterocycles. The summed E-state index contributed by atoms with van der Waals surface area (Å²) < 4.78 is 139. The van der Waals surface area contributed by atoms with Gasteiger partial charge in [-0.05, 0) is 151 Å². The summed E-state index contributed by atoms with van der Waals surface area (Å²) in [5.74, 6) is 4.32. The Morgan fingerprint density at radius 3 is 2.24 bits per heavy atom. The molecule has 5 rings (SSSR count). The minimum atomic E-state index is -6.81. The van der Waals surface area contributed by atoms with Gasteiger partial charge in [-0.25, -0.2) is 0 Å². The zero-order valence-electron chi connectivity index (χ0n) is 39.2. The molecule has 4 aliphatic carbocycles. The van der Waals surface area contributed by atoms with Crippen molar-refractivity contribution in [2.75, 3.05) is 58.1 Å². The van der Waals surface area contributed by atoms with Crippen LogP contribution in [-0.4, -0.2) is 127 Å². The van der Waals surface area contributed by atoms with Gasteiger partial charge in [0, 0.05) is 55.8 Å². The molecule has 0 aromatic heterocycles. The van der Waals surface area contributed by atoms with Crippen molar-refractivity contribution in [2.45, 2.75) is 160 Å². The number of carbonyl (C=O) groups is 1. The smallest absolute Gasteiger partial charge is 0.435 e. The maximum absolute atomic E-state index is 13.4. The van der Waals surface area contributed by atoms with Crippen molar-refractivity contribution in [1.82, 2.24) is 14.5 Å². The third-order valence-electron chi connectivity index (χ3n) is 14.4. The van der Waals surface area contributed by atoms with E-state index < -0.39 is 58.0 Å². The Balaban J connectivity index is 1.03. The summed E-state index contributed by atoms with van der Waals surface area (Å²) in [5, 5.41) is 9.24. The molecule has 8 nitrogen and oxygen atoms in total. The van der Waals surface area contributed by atoms with Crippen molar-refractivity contribution in [2.24, 2.45) is 23.2 Å². The largest absolute Gasteiger partial charge is 0.494 e. The summed E-state index contributed by atoms with van der Waals surface area (Å²) >= 11 is 0. The Hall–Kier alpha value is -1.68. The first-order valence-electron chi connectivity index (χ1n) is 23.2. The van der Waals surface area contributed by atoms with Crippen LogP contribution in [0.2, 0.25) is 0 Å². The van der Waals surface area contributed by atoms with Gasteiger partial charge in [0.25, 0.3) is 0 Å². The van der Waals surface area contributed by atoms with E-state index in [1.807, 2.05) is 21.6 Å². The summed E-state index contributed by atoms with van der Waals surface area (Å²) in [4.78, 5) is 16.1. The number of carbonyl (C=O) groups excluding carboxylic acids is 1. The number of alkyl halides is 9. The molecule has 4 aliphatic rings. The molecule has 1 amide bonds. The number of nitriles is 1. The third-order valence-corrected chi connectivity index (χ3v) is 19.6. The molecule has 0 N–H and O–H groups in total. The van der Waals surface area contributed by atoms with Crippen molar-refractivity contribution < 1.29 is 58.3 Å². The molecule has 66 heavy (non-hydrogen) atoms. The lowest BCUT2D eigenvalue weighted by Gasteiger charge is -2.52. The maximum atomic E-state index is 13.4. The fourth-order valence-electron chi connectivity index (χ4n) is 11.4. The number of fused-ring (bicyclic) bond motifs is 5. The minimum absolute atomic E-state index is 0.150. The van der Waals surface area contributed by atoms with E-state index in [0.29, 0.717) is 48.8 Å². The van der Waals surface area contributed by atoms with Crippen LogP contribution in [0.3, 0.4) is 0 Å². The number of benzene rings is 1. The normalized spacial score (nSPS) is 26.4. The molecule has 376 valence electrons. The van der Waals surface area contributed by atoms with E-state index in [0.717, 1.165) is 86.1 Å². The van der Waals surface area contributed by atoms with Crippen LogP contribution < -0.4 is 4.74 Å². The number of aryl methyl sites for hydroxylation is 1. The topological polar surface area (TPSA) is 78.3 Å². The Labute approximate surface area is 394 Å². The van der Waals surface area contributed by atoms with Crippen molar-refractivity contribution in [3.05, 3.63) is 29.3 Å². The van der Waals surface area contributed by atoms with Gasteiger partial charge in [0.2, 0.25) is 5.91 Å². The quantitative estimate of drug-likeness (QED) is 0.0488. The van der Waals surface area contributed by atoms with Crippen LogP contribution in [0.15, 0.2) is 18.2 Å². The van der Waals surface area contributed by atoms with Crippen LogP contribution in [0.5, 0.6) is 5.75 Å². The molecule has 0 aliphatic heterocycles. The van der Waals surface area contributed by atoms with E-state index in [-0.39, 0.29) is 17.6 Å². The van der Waals surface area contributed by atoms with Gasteiger partial charge in [-0.15, -0.1) is 0 Å². The van der Waals surface area contributed by atoms with Crippen molar-refractivity contribution in [3.8, 4) is 11.8 Å². The highest BCUT2D eigenvalue weighted by atomic mass is 33.1. The fourth-order valence-corrected chi connectivity index (χ4v) is 16.2. The predicted octanol–water partition coefficient (Wildman–Crippen LogP) is 12.4. The third kappa shape index (κ3) is 12.6. The minimum Gasteiger partial charge on any atom is -0.494 e. The molecule has 3 fully saturated rings. The molecule has 1 aromatic rings. The lowest BCUT2D eigenvalue weighted by Crippen LogP contribution is -2.68. The van der Waals surface area contributed by atoms with Crippen molar-refractivity contribution in [3.63, 3.8) is 0 Å². The van der Waals surface area contributed by atoms with Gasteiger partial charge in [0.1, 0.15) is 14.0 Å². The van der Waals surface area contributed by atoms with Gasteiger partial charge in [-0.2, -0.15) is 44.8 Å². The number of hydrogen-bond donors (Lipinski definition) is 0. The number of hydrogen-bond acceptors (Lipinski definition) is 9. The molecule has 4 unspecified atom stereocenters. The molecule has 0 spiro atoms. The Morgan fingerprint density at radius 1 is 0.924 bits per heavy atom. The molecule has 1 aromatic carbocycles. The van der Waals surface area contributed by atoms with E-state index in [9.17, 15) is 49.6 Å². The molecule has 3 saturated carbocycles. The Bertz CT molecular complexity index is 1740. The van der Waals surface area contributed by atoms with Gasteiger partial charge >= 0.3 is 24.1 Å². The summed E-state index contributed by atoms with van der Waals surface area (Å²) in [6, 6.07) is 9.38. The van der Waals surface area contributed by atoms with Gasteiger partial charge < -0.3 is 18.9 Å². The highest BCUT2D eigenvalue weighted by molar-refractivity contribution is 8.76. The van der Waals surface area contributed by atoms with Crippen LogP contribution in [0, 0.1) is 34.5 Å². The molecule has 8 atom stereocenters. The Morgan fingerprint density at radius 2 is 1.61 bits per heavy atom. The molecular weight excluding hydrogens is 939 g/mol. The number of nitrogens with zero attached hydrogens (tertiary/aromatic N) is 4. The predicted molar refractivity (Wildman–Crippen MR) is 243 cm³/mol. The van der Waals surface area contributed by atoms with Crippen molar-refractivity contribution in [1.29, 1.82) is 5.26 Å². The summed E-state index contributed by atoms with van der Waals surface area (Å²) in [7, 11) is 5.92. The van der Waals surface area contributed by atoms with Crippen LogP contribution in [0.1, 0.15) is 116 Å². The SMILES string of the molecule is CC(C)N(C(C)C)P(CCC#N)O[C@@H]1CC[C@@H](CSSCCCOc2ccc3c(c2)CCC2C3CC[C@@]3(C)C2CC[C@@H]3N(C)C(=O)CN(C)CCOC(C(F)(F)F)(C(F)(F)F)C(F)(F)F)C1. The number of likely N-dealkylation sites (N-methyl/N-ethyl adjacent to an activating group) is 2. The van der Waals surface area contributed by atoms with Gasteiger partial charge in [-0.1, -0.05) is 34.6 Å². The van der Waals surface area contributed by atoms with Crippen LogP contribution in [-0.2, 0) is 20.5 Å². The van der Waals surface area contributed by atoms with E-state index in [1.54, 1.807) is 11.9 Å². The zero-order valence-corrected chi connectivity index (χ0v) is 41.7. The highest BCUT2D eigenvalue weighted by Gasteiger charge is 2.85. The van der Waals surface area contributed by atoms with Gasteiger partial charge in [0.05, 0.1) is 31.9 Å². The van der Waals surface area contributed by atoms with E-state index in [4.69, 9.17) is 9.26 Å². The number of rotatable bonds is 22. The van der Waals surface area contributed by atoms with Gasteiger partial charge in [0.15, 0.2) is 0 Å². The summed E-state index contributed by atoms with van der Waals surface area (Å²) in [6.07, 6.45) is -9.22. The van der Waals surface area contributed by atoms with E-state index in [2.05, 4.69) is 68.3 Å². The average molecular weight is 1010 g/mol. The molecule has 0 bridgehead atoms. The first-order valence-corrected chi connectivity index (χ1v) is 27.1. The van der Waals surface area contributed by atoms with Gasteiger partial charge in [-0.3, -0.25) is 14.4 Å². The van der Waals surface area contributed by atoms with Crippen LogP contribution in [0.25, 0.3) is 0 Å². The van der Waals surface area contributed by atoms with E-state index >= 15 is 0 Å². The monoisotopic (exact) mass is 1010 g/mol. The first kappa shape index (κ1) is 55.2. The van der Waals surface area contributed by atoms with Crippen molar-refractivity contribution >= 4 is 35.8 Å². The summed E-state index contributed by atoms with van der Waals surface area (Å²) in [6.45, 7) is 8.90. The number of amides is 1. The van der Waals surface area contributed by atoms with E-state index in [1.165, 1.54) is 24.6 Å². The maximum Gasteiger partial charge on any atom is 0.435 e. The standard InChI is InChI=1S/C46H68F9N4O4PS2/c1-30(2)59(31(3)4)64(24-8-20-56)63-35-12-10-32(26-35)29-66-65-25-9-22-61-34-13-15-36-33(27-34)11-14-38-37(36)18-19-42(5)39(38)16-17-40(42)58(7)41(60)28-57(6)21-23-62-43(44(47,48)49,45(50,51)52)46(53,54)55/h13,15,27,30-32,35,37-40H,8-12,14,16-19,21-26,28-29H2,1-7H3/t32-,35-,37?,38?,39?,40+,42+,64?/m1/s1. The fraction of sp³-hybridized carbons (Fsp3) is 0.826. The lowest BCUT2D eigenvalue weighted by atomic mass is 9.55. The number of halogens is 9. The second-order valence-electron chi connectivity index (χ2n) is 19.4. The van der Waals surface area contributed by atoms with Crippen LogP contribution >= 0.6 is 29.9 Å². The molecular formula is C46H68F9N4O4PS2. The Kier molecular flexibility index (Phi) is 19.3. The molecule has 20 heteroatoms. The van der Waals surface area contributed by atoms with Crippen LogP contribution in [0.4, 0.5) is 39.5 Å². The molecule has 0 saturated heterocycles. The lowest BCUT2D eigenvalue weighted by molar-refractivity contribution is -0.457. The second-order valence-corrected chi connectivity index (χ2v) is 23.9. The molecule has 0 radical (unpaired) electrons.